The van der Waals surface area contributed by atoms with E-state index in [1.807, 2.05) is 0 Å². The number of hydrogen-bond acceptors (Lipinski definition) is 5. The van der Waals surface area contributed by atoms with Gasteiger partial charge >= 0.3 is 5.97 Å². The molecule has 2 unspecified atom stereocenters. The van der Waals surface area contributed by atoms with Crippen LogP contribution in [0.5, 0.6) is 0 Å². The van der Waals surface area contributed by atoms with Gasteiger partial charge in [0.05, 0.1) is 6.61 Å². The Bertz CT molecular complexity index is 316. The third-order valence-corrected chi connectivity index (χ3v) is 1.92. The first-order valence-corrected chi connectivity index (χ1v) is 4.67. The Balaban J connectivity index is 2.68. The molecule has 1 rings (SSSR count). The molecular formula is C10H14N2O3. The van der Waals surface area contributed by atoms with Crippen LogP contribution in [0.4, 0.5) is 0 Å². The predicted octanol–water partition coefficient (Wildman–Crippen LogP) is 0.00540. The molecule has 1 aromatic heterocycles. The van der Waals surface area contributed by atoms with Crippen molar-refractivity contribution >= 4 is 5.97 Å². The van der Waals surface area contributed by atoms with Crippen LogP contribution in [0.15, 0.2) is 24.5 Å². The average molecular weight is 210 g/mol. The molecule has 0 bridgehead atoms. The molecule has 82 valence electrons. The zero-order valence-electron chi connectivity index (χ0n) is 8.46. The van der Waals surface area contributed by atoms with E-state index in [0.717, 1.165) is 0 Å². The third-order valence-electron chi connectivity index (χ3n) is 1.92. The summed E-state index contributed by atoms with van der Waals surface area (Å²) in [6.45, 7) is 1.92. The summed E-state index contributed by atoms with van der Waals surface area (Å²) in [5.74, 6) is -0.617. The van der Waals surface area contributed by atoms with Crippen molar-refractivity contribution in [3.8, 4) is 0 Å². The molecule has 0 spiro atoms. The molecule has 0 amide bonds. The molecule has 0 aliphatic carbocycles. The smallest absolute Gasteiger partial charge is 0.325 e. The Labute approximate surface area is 87.9 Å². The van der Waals surface area contributed by atoms with E-state index in [1.54, 1.807) is 25.3 Å². The first-order chi connectivity index (χ1) is 7.16. The van der Waals surface area contributed by atoms with Gasteiger partial charge in [-0.15, -0.1) is 0 Å². The number of hydrogen-bond donors (Lipinski definition) is 2. The highest BCUT2D eigenvalue weighted by atomic mass is 16.5. The van der Waals surface area contributed by atoms with Crippen molar-refractivity contribution in [2.75, 3.05) is 6.61 Å². The number of nitrogens with zero attached hydrogens (tertiary/aromatic N) is 1. The molecule has 1 aromatic rings. The molecule has 5 heteroatoms. The van der Waals surface area contributed by atoms with Crippen LogP contribution in [-0.4, -0.2) is 28.7 Å². The monoisotopic (exact) mass is 210 g/mol. The number of carbonyl (C=O) groups is 1. The van der Waals surface area contributed by atoms with E-state index >= 15 is 0 Å². The first kappa shape index (κ1) is 11.6. The Morgan fingerprint density at radius 2 is 2.47 bits per heavy atom. The van der Waals surface area contributed by atoms with Crippen molar-refractivity contribution < 1.29 is 14.6 Å². The Kier molecular flexibility index (Phi) is 4.20. The minimum Gasteiger partial charge on any atom is -0.465 e. The summed E-state index contributed by atoms with van der Waals surface area (Å²) in [6, 6.07) is 2.24. The van der Waals surface area contributed by atoms with Crippen LogP contribution >= 0.6 is 0 Å². The minimum atomic E-state index is -1.09. The Morgan fingerprint density at radius 1 is 1.73 bits per heavy atom. The van der Waals surface area contributed by atoms with Gasteiger partial charge in [0.15, 0.2) is 0 Å². The third kappa shape index (κ3) is 3.00. The molecule has 0 fully saturated rings. The normalized spacial score (nSPS) is 14.3. The number of esters is 1. The van der Waals surface area contributed by atoms with E-state index in [0.29, 0.717) is 5.56 Å². The average Bonchev–Trinajstić information content (AvgIpc) is 2.28. The molecule has 3 N–H and O–H groups in total. The highest BCUT2D eigenvalue weighted by Crippen LogP contribution is 2.14. The van der Waals surface area contributed by atoms with Crippen molar-refractivity contribution in [3.05, 3.63) is 30.1 Å². The van der Waals surface area contributed by atoms with Crippen LogP contribution in [-0.2, 0) is 9.53 Å². The molecule has 0 aliphatic heterocycles. The number of aromatic nitrogens is 1. The molecule has 0 radical (unpaired) electrons. The molecule has 0 aliphatic rings. The van der Waals surface area contributed by atoms with E-state index in [2.05, 4.69) is 4.98 Å². The van der Waals surface area contributed by atoms with Crippen molar-refractivity contribution in [2.45, 2.75) is 19.1 Å². The summed E-state index contributed by atoms with van der Waals surface area (Å²) < 4.78 is 4.70. The van der Waals surface area contributed by atoms with Crippen molar-refractivity contribution in [3.63, 3.8) is 0 Å². The highest BCUT2D eigenvalue weighted by Gasteiger charge is 2.25. The van der Waals surface area contributed by atoms with E-state index < -0.39 is 18.1 Å². The van der Waals surface area contributed by atoms with Crippen molar-refractivity contribution in [1.29, 1.82) is 0 Å². The lowest BCUT2D eigenvalue weighted by Crippen LogP contribution is -2.38. The van der Waals surface area contributed by atoms with Gasteiger partial charge in [0.25, 0.3) is 0 Å². The summed E-state index contributed by atoms with van der Waals surface area (Å²) in [7, 11) is 0. The maximum absolute atomic E-state index is 11.2. The number of nitrogens with two attached hydrogens (primary N) is 1. The molecule has 0 aromatic carbocycles. The van der Waals surface area contributed by atoms with Gasteiger partial charge in [-0.05, 0) is 13.0 Å². The Morgan fingerprint density at radius 3 is 3.00 bits per heavy atom. The van der Waals surface area contributed by atoms with Crippen molar-refractivity contribution in [2.24, 2.45) is 5.73 Å². The Hall–Kier alpha value is -1.46. The number of pyridine rings is 1. The largest absolute Gasteiger partial charge is 0.465 e. The van der Waals surface area contributed by atoms with Gasteiger partial charge in [-0.1, -0.05) is 6.07 Å². The molecule has 1 heterocycles. The zero-order valence-corrected chi connectivity index (χ0v) is 8.46. The molecule has 2 atom stereocenters. The second-order valence-corrected chi connectivity index (χ2v) is 3.01. The second kappa shape index (κ2) is 5.43. The van der Waals surface area contributed by atoms with Crippen LogP contribution in [0.25, 0.3) is 0 Å². The first-order valence-electron chi connectivity index (χ1n) is 4.67. The quantitative estimate of drug-likeness (QED) is 0.683. The van der Waals surface area contributed by atoms with E-state index in [-0.39, 0.29) is 6.61 Å². The maximum Gasteiger partial charge on any atom is 0.325 e. The fraction of sp³-hybridized carbons (Fsp3) is 0.400. The van der Waals surface area contributed by atoms with Crippen LogP contribution in [0, 0.1) is 0 Å². The van der Waals surface area contributed by atoms with Gasteiger partial charge in [-0.2, -0.15) is 0 Å². The van der Waals surface area contributed by atoms with Gasteiger partial charge in [-0.3, -0.25) is 9.78 Å². The molecule has 0 saturated heterocycles. The fourth-order valence-electron chi connectivity index (χ4n) is 1.13. The predicted molar refractivity (Wildman–Crippen MR) is 53.8 cm³/mol. The van der Waals surface area contributed by atoms with E-state index in [1.165, 1.54) is 6.20 Å². The van der Waals surface area contributed by atoms with Crippen molar-refractivity contribution in [1.82, 2.24) is 4.98 Å². The van der Waals surface area contributed by atoms with Crippen LogP contribution in [0.3, 0.4) is 0 Å². The van der Waals surface area contributed by atoms with Gasteiger partial charge in [0, 0.05) is 18.0 Å². The maximum atomic E-state index is 11.2. The lowest BCUT2D eigenvalue weighted by molar-refractivity contribution is -0.147. The highest BCUT2D eigenvalue weighted by molar-refractivity contribution is 5.76. The fourth-order valence-corrected chi connectivity index (χ4v) is 1.13. The summed E-state index contributed by atoms with van der Waals surface area (Å²) in [6.07, 6.45) is 1.95. The molecule has 5 nitrogen and oxygen atoms in total. The van der Waals surface area contributed by atoms with Gasteiger partial charge < -0.3 is 15.6 Å². The summed E-state index contributed by atoms with van der Waals surface area (Å²) >= 11 is 0. The summed E-state index contributed by atoms with van der Waals surface area (Å²) in [4.78, 5) is 15.1. The molecular weight excluding hydrogens is 196 g/mol. The topological polar surface area (TPSA) is 85.4 Å². The number of aliphatic hydroxyl groups is 1. The lowest BCUT2D eigenvalue weighted by atomic mass is 10.1. The number of aliphatic hydroxyl groups excluding tert-OH is 1. The van der Waals surface area contributed by atoms with E-state index in [9.17, 15) is 9.90 Å². The standard InChI is InChI=1S/C10H14N2O3/c1-2-15-10(14)8(11)9(13)7-4-3-5-12-6-7/h3-6,8-9,13H,2,11H2,1H3. The summed E-state index contributed by atoms with van der Waals surface area (Å²) in [5.41, 5.74) is 6.02. The number of ether oxygens (including phenoxy) is 1. The van der Waals surface area contributed by atoms with Crippen LogP contribution in [0.1, 0.15) is 18.6 Å². The number of rotatable bonds is 4. The summed E-state index contributed by atoms with van der Waals surface area (Å²) in [5, 5.41) is 9.72. The van der Waals surface area contributed by atoms with Gasteiger partial charge in [0.2, 0.25) is 0 Å². The molecule has 15 heavy (non-hydrogen) atoms. The van der Waals surface area contributed by atoms with Crippen LogP contribution < -0.4 is 5.73 Å². The molecule has 0 saturated carbocycles. The SMILES string of the molecule is CCOC(=O)C(N)C(O)c1cccnc1. The van der Waals surface area contributed by atoms with Gasteiger partial charge in [-0.25, -0.2) is 0 Å². The minimum absolute atomic E-state index is 0.242. The number of carbonyl (C=O) groups excluding carboxylic acids is 1. The lowest BCUT2D eigenvalue weighted by Gasteiger charge is -2.16. The van der Waals surface area contributed by atoms with Gasteiger partial charge in [0.1, 0.15) is 12.1 Å². The van der Waals surface area contributed by atoms with Crippen LogP contribution in [0.2, 0.25) is 0 Å². The van der Waals surface area contributed by atoms with E-state index in [4.69, 9.17) is 10.5 Å². The zero-order chi connectivity index (χ0) is 11.3. The second-order valence-electron chi connectivity index (χ2n) is 3.01.